The molecule has 0 unspecified atom stereocenters. The molecule has 4 heteroatoms. The first kappa shape index (κ1) is 13.9. The molecule has 0 atom stereocenters. The van der Waals surface area contributed by atoms with Crippen molar-refractivity contribution in [2.24, 2.45) is 5.73 Å². The molecular weight excluding hydrogens is 232 g/mol. The lowest BCUT2D eigenvalue weighted by atomic mass is 10.1. The van der Waals surface area contributed by atoms with Crippen molar-refractivity contribution in [1.29, 1.82) is 5.26 Å². The van der Waals surface area contributed by atoms with Gasteiger partial charge in [0, 0.05) is 17.0 Å². The van der Waals surface area contributed by atoms with Gasteiger partial charge in [0.25, 0.3) is 0 Å². The maximum Gasteiger partial charge on any atom is 0.136 e. The van der Waals surface area contributed by atoms with Gasteiger partial charge in [-0.2, -0.15) is 17.0 Å². The summed E-state index contributed by atoms with van der Waals surface area (Å²) in [4.78, 5) is 0. The molecule has 2 N–H and O–H groups in total. The van der Waals surface area contributed by atoms with Crippen molar-refractivity contribution in [2.45, 2.75) is 25.1 Å². The molecule has 1 rings (SSSR count). The molecule has 0 bridgehead atoms. The summed E-state index contributed by atoms with van der Waals surface area (Å²) in [6, 6.07) is 7.82. The molecule has 0 radical (unpaired) electrons. The van der Waals surface area contributed by atoms with Crippen molar-refractivity contribution < 1.29 is 4.74 Å². The van der Waals surface area contributed by atoms with Crippen LogP contribution in [0.25, 0.3) is 0 Å². The average Bonchev–Trinajstić information content (AvgIpc) is 2.27. The van der Waals surface area contributed by atoms with Gasteiger partial charge in [-0.05, 0) is 31.5 Å². The van der Waals surface area contributed by atoms with Crippen LogP contribution in [0, 0.1) is 11.3 Å². The molecule has 92 valence electrons. The van der Waals surface area contributed by atoms with Gasteiger partial charge < -0.3 is 10.5 Å². The van der Waals surface area contributed by atoms with Gasteiger partial charge in [0.15, 0.2) is 0 Å². The van der Waals surface area contributed by atoms with Crippen molar-refractivity contribution >= 4 is 11.8 Å². The predicted octanol–water partition coefficient (Wildman–Crippen LogP) is 2.54. The highest BCUT2D eigenvalue weighted by molar-refractivity contribution is 7.98. The largest absolute Gasteiger partial charge is 0.495 e. The summed E-state index contributed by atoms with van der Waals surface area (Å²) in [5, 5.41) is 8.97. The van der Waals surface area contributed by atoms with Gasteiger partial charge in [-0.25, -0.2) is 0 Å². The fourth-order valence-electron chi connectivity index (χ4n) is 1.36. The van der Waals surface area contributed by atoms with Crippen LogP contribution in [0.3, 0.4) is 0 Å². The first-order valence-corrected chi connectivity index (χ1v) is 6.55. The molecule has 0 fully saturated rings. The number of nitriles is 1. The number of hydrogen-bond acceptors (Lipinski definition) is 4. The lowest BCUT2D eigenvalue weighted by Crippen LogP contribution is -2.34. The average molecular weight is 250 g/mol. The number of rotatable bonds is 5. The maximum absolute atomic E-state index is 8.97. The Kier molecular flexibility index (Phi) is 4.86. The minimum atomic E-state index is -0.158. The highest BCUT2D eigenvalue weighted by Crippen LogP contribution is 2.22. The third-order valence-electron chi connectivity index (χ3n) is 2.13. The summed E-state index contributed by atoms with van der Waals surface area (Å²) >= 11 is 1.77. The zero-order valence-corrected chi connectivity index (χ0v) is 11.3. The Hall–Kier alpha value is -1.18. The lowest BCUT2D eigenvalue weighted by Gasteiger charge is -2.17. The monoisotopic (exact) mass is 250 g/mol. The number of thioether (sulfide) groups is 1. The van der Waals surface area contributed by atoms with Crippen molar-refractivity contribution in [3.8, 4) is 11.8 Å². The van der Waals surface area contributed by atoms with E-state index < -0.39 is 0 Å². The van der Waals surface area contributed by atoms with E-state index in [-0.39, 0.29) is 5.54 Å². The summed E-state index contributed by atoms with van der Waals surface area (Å²) in [6.07, 6.45) is 0. The molecule has 3 nitrogen and oxygen atoms in total. The van der Waals surface area contributed by atoms with E-state index in [1.807, 2.05) is 32.0 Å². The van der Waals surface area contributed by atoms with Gasteiger partial charge >= 0.3 is 0 Å². The second-order valence-electron chi connectivity index (χ2n) is 4.63. The lowest BCUT2D eigenvalue weighted by molar-refractivity contribution is 0.413. The Morgan fingerprint density at radius 3 is 2.71 bits per heavy atom. The van der Waals surface area contributed by atoms with Crippen LogP contribution in [0.5, 0.6) is 5.75 Å². The van der Waals surface area contributed by atoms with Gasteiger partial charge in [-0.15, -0.1) is 0 Å². The molecule has 0 heterocycles. The Morgan fingerprint density at radius 2 is 2.18 bits per heavy atom. The second kappa shape index (κ2) is 5.95. The number of methoxy groups -OCH3 is 1. The normalized spacial score (nSPS) is 11.0. The first-order valence-electron chi connectivity index (χ1n) is 5.40. The van der Waals surface area contributed by atoms with Crippen LogP contribution in [-0.4, -0.2) is 18.4 Å². The Labute approximate surface area is 107 Å². The summed E-state index contributed by atoms with van der Waals surface area (Å²) in [5.74, 6) is 2.38. The number of ether oxygens (including phenoxy) is 1. The van der Waals surface area contributed by atoms with E-state index in [1.54, 1.807) is 18.9 Å². The van der Waals surface area contributed by atoms with E-state index in [0.29, 0.717) is 11.3 Å². The van der Waals surface area contributed by atoms with Crippen LogP contribution in [-0.2, 0) is 5.75 Å². The minimum Gasteiger partial charge on any atom is -0.495 e. The van der Waals surface area contributed by atoms with Crippen LogP contribution in [0.1, 0.15) is 25.0 Å². The van der Waals surface area contributed by atoms with Crippen LogP contribution >= 0.6 is 11.8 Å². The van der Waals surface area contributed by atoms with E-state index in [0.717, 1.165) is 17.1 Å². The molecule has 0 aromatic heterocycles. The molecular formula is C13H18N2OS. The summed E-state index contributed by atoms with van der Waals surface area (Å²) < 4.78 is 5.10. The number of hydrogen-bond donors (Lipinski definition) is 1. The van der Waals surface area contributed by atoms with Crippen LogP contribution in [0.15, 0.2) is 18.2 Å². The summed E-state index contributed by atoms with van der Waals surface area (Å²) in [6.45, 7) is 4.02. The van der Waals surface area contributed by atoms with E-state index in [4.69, 9.17) is 15.7 Å². The molecule has 0 spiro atoms. The van der Waals surface area contributed by atoms with Crippen molar-refractivity contribution in [3.05, 3.63) is 29.3 Å². The molecule has 1 aromatic carbocycles. The van der Waals surface area contributed by atoms with Crippen molar-refractivity contribution in [3.63, 3.8) is 0 Å². The molecule has 17 heavy (non-hydrogen) atoms. The van der Waals surface area contributed by atoms with Crippen molar-refractivity contribution in [1.82, 2.24) is 0 Å². The molecule has 0 amide bonds. The Bertz CT molecular complexity index is 418. The number of nitrogens with two attached hydrogens (primary N) is 1. The molecule has 0 aliphatic rings. The van der Waals surface area contributed by atoms with Gasteiger partial charge in [0.1, 0.15) is 11.8 Å². The molecule has 0 aliphatic carbocycles. The molecule has 0 saturated carbocycles. The third kappa shape index (κ3) is 4.68. The second-order valence-corrected chi connectivity index (χ2v) is 5.61. The summed E-state index contributed by atoms with van der Waals surface area (Å²) in [5.41, 5.74) is 7.45. The Balaban J connectivity index is 2.65. The smallest absolute Gasteiger partial charge is 0.136 e. The quantitative estimate of drug-likeness (QED) is 0.872. The van der Waals surface area contributed by atoms with E-state index >= 15 is 0 Å². The van der Waals surface area contributed by atoms with Crippen LogP contribution in [0.2, 0.25) is 0 Å². The molecule has 0 saturated heterocycles. The van der Waals surface area contributed by atoms with Crippen molar-refractivity contribution in [2.75, 3.05) is 12.9 Å². The molecule has 0 aliphatic heterocycles. The summed E-state index contributed by atoms with van der Waals surface area (Å²) in [7, 11) is 1.57. The van der Waals surface area contributed by atoms with E-state index in [1.165, 1.54) is 0 Å². The van der Waals surface area contributed by atoms with Gasteiger partial charge in [0.05, 0.1) is 12.7 Å². The fourth-order valence-corrected chi connectivity index (χ4v) is 2.41. The van der Waals surface area contributed by atoms with Gasteiger partial charge in [-0.1, -0.05) is 6.07 Å². The highest BCUT2D eigenvalue weighted by Gasteiger charge is 2.10. The first-order chi connectivity index (χ1) is 7.96. The highest BCUT2D eigenvalue weighted by atomic mass is 32.2. The zero-order chi connectivity index (χ0) is 12.9. The van der Waals surface area contributed by atoms with E-state index in [2.05, 4.69) is 6.07 Å². The van der Waals surface area contributed by atoms with Gasteiger partial charge in [0.2, 0.25) is 0 Å². The van der Waals surface area contributed by atoms with Gasteiger partial charge in [-0.3, -0.25) is 0 Å². The SMILES string of the molecule is COc1ccc(CSCC(C)(C)N)cc1C#N. The zero-order valence-electron chi connectivity index (χ0n) is 10.5. The molecule has 1 aromatic rings. The van der Waals surface area contributed by atoms with Crippen LogP contribution in [0.4, 0.5) is 0 Å². The number of benzene rings is 1. The van der Waals surface area contributed by atoms with Crippen LogP contribution < -0.4 is 10.5 Å². The maximum atomic E-state index is 8.97. The predicted molar refractivity (Wildman–Crippen MR) is 72.1 cm³/mol. The third-order valence-corrected chi connectivity index (χ3v) is 3.61. The van der Waals surface area contributed by atoms with E-state index in [9.17, 15) is 0 Å². The topological polar surface area (TPSA) is 59.0 Å². The number of nitrogens with zero attached hydrogens (tertiary/aromatic N) is 1. The standard InChI is InChI=1S/C13H18N2OS/c1-13(2,15)9-17-8-10-4-5-12(16-3)11(6-10)7-14/h4-6H,8-9,15H2,1-3H3. The minimum absolute atomic E-state index is 0.158. The Morgan fingerprint density at radius 1 is 1.47 bits per heavy atom. The fraction of sp³-hybridized carbons (Fsp3) is 0.462.